The van der Waals surface area contributed by atoms with Crippen LogP contribution in [-0.4, -0.2) is 42.0 Å². The molecule has 0 radical (unpaired) electrons. The number of benzene rings is 1. The van der Waals surface area contributed by atoms with Crippen molar-refractivity contribution in [3.05, 3.63) is 35.9 Å². The summed E-state index contributed by atoms with van der Waals surface area (Å²) in [5.74, 6) is -1.10. The lowest BCUT2D eigenvalue weighted by atomic mass is 10.2. The maximum absolute atomic E-state index is 11.9. The molecule has 1 heterocycles. The van der Waals surface area contributed by atoms with Crippen LogP contribution in [0.1, 0.15) is 17.3 Å². The first-order valence-electron chi connectivity index (χ1n) is 5.95. The molecule has 0 aromatic heterocycles. The molecule has 1 N–H and O–H groups in total. The molecule has 1 fully saturated rings. The lowest BCUT2D eigenvalue weighted by Gasteiger charge is -2.18. The van der Waals surface area contributed by atoms with Crippen molar-refractivity contribution >= 4 is 17.9 Å². The molecular formula is C13H14N2O4. The van der Waals surface area contributed by atoms with Gasteiger partial charge in [0.2, 0.25) is 0 Å². The zero-order chi connectivity index (χ0) is 13.8. The third-order valence-corrected chi connectivity index (χ3v) is 2.76. The molecule has 0 saturated carbocycles. The molecule has 19 heavy (non-hydrogen) atoms. The van der Waals surface area contributed by atoms with Crippen LogP contribution < -0.4 is 5.32 Å². The van der Waals surface area contributed by atoms with Crippen molar-refractivity contribution in [2.75, 3.05) is 13.1 Å². The van der Waals surface area contributed by atoms with Gasteiger partial charge < -0.3 is 10.1 Å². The smallest absolute Gasteiger partial charge is 0.338 e. The predicted octanol–water partition coefficient (Wildman–Crippen LogP) is 0.784. The molecule has 100 valence electrons. The molecule has 0 spiro atoms. The number of carbonyl (C=O) groups excluding carboxylic acids is 3. The van der Waals surface area contributed by atoms with Crippen molar-refractivity contribution in [1.82, 2.24) is 10.2 Å². The zero-order valence-electron chi connectivity index (χ0n) is 10.5. The number of hydrogen-bond acceptors (Lipinski definition) is 4. The van der Waals surface area contributed by atoms with E-state index in [2.05, 4.69) is 5.32 Å². The van der Waals surface area contributed by atoms with Gasteiger partial charge >= 0.3 is 12.0 Å². The van der Waals surface area contributed by atoms with Crippen LogP contribution in [-0.2, 0) is 9.53 Å². The van der Waals surface area contributed by atoms with Gasteiger partial charge in [0, 0.05) is 13.1 Å². The Labute approximate surface area is 110 Å². The highest BCUT2D eigenvalue weighted by atomic mass is 16.5. The third-order valence-electron chi connectivity index (χ3n) is 2.76. The average Bonchev–Trinajstić information content (AvgIpc) is 2.85. The highest BCUT2D eigenvalue weighted by Crippen LogP contribution is 2.08. The lowest BCUT2D eigenvalue weighted by Crippen LogP contribution is -2.41. The molecule has 6 nitrogen and oxygen atoms in total. The van der Waals surface area contributed by atoms with Crippen LogP contribution in [0.4, 0.5) is 4.79 Å². The molecule has 6 heteroatoms. The normalized spacial score (nSPS) is 15.8. The second kappa shape index (κ2) is 5.51. The largest absolute Gasteiger partial charge is 0.449 e. The van der Waals surface area contributed by atoms with Crippen LogP contribution in [0.15, 0.2) is 30.3 Å². The maximum Gasteiger partial charge on any atom is 0.338 e. The van der Waals surface area contributed by atoms with Crippen molar-refractivity contribution in [1.29, 1.82) is 0 Å². The number of amides is 3. The Hall–Kier alpha value is -2.37. The summed E-state index contributed by atoms with van der Waals surface area (Å²) in [5, 5.41) is 2.52. The van der Waals surface area contributed by atoms with Gasteiger partial charge in [0.1, 0.15) is 0 Å². The molecule has 0 bridgehead atoms. The lowest BCUT2D eigenvalue weighted by molar-refractivity contribution is -0.136. The molecule has 1 aliphatic heterocycles. The average molecular weight is 262 g/mol. The summed E-state index contributed by atoms with van der Waals surface area (Å²) in [7, 11) is 0. The number of hydrogen-bond donors (Lipinski definition) is 1. The highest BCUT2D eigenvalue weighted by molar-refractivity contribution is 5.99. The Morgan fingerprint density at radius 1 is 1.32 bits per heavy atom. The van der Waals surface area contributed by atoms with E-state index in [1.165, 1.54) is 6.92 Å². The monoisotopic (exact) mass is 262 g/mol. The molecule has 1 atom stereocenters. The second-order valence-electron chi connectivity index (χ2n) is 4.14. The second-order valence-corrected chi connectivity index (χ2v) is 4.14. The minimum Gasteiger partial charge on any atom is -0.449 e. The number of carbonyl (C=O) groups is 3. The van der Waals surface area contributed by atoms with Gasteiger partial charge in [-0.05, 0) is 19.1 Å². The van der Waals surface area contributed by atoms with Crippen molar-refractivity contribution in [3.8, 4) is 0 Å². The minimum absolute atomic E-state index is 0.297. The first-order chi connectivity index (χ1) is 9.09. The quantitative estimate of drug-likeness (QED) is 0.817. The first-order valence-corrected chi connectivity index (χ1v) is 5.95. The van der Waals surface area contributed by atoms with Gasteiger partial charge in [0.15, 0.2) is 6.10 Å². The first kappa shape index (κ1) is 13.1. The maximum atomic E-state index is 11.9. The van der Waals surface area contributed by atoms with Gasteiger partial charge in [-0.2, -0.15) is 0 Å². The number of imide groups is 1. The Balaban J connectivity index is 1.97. The summed E-state index contributed by atoms with van der Waals surface area (Å²) in [4.78, 5) is 36.0. The van der Waals surface area contributed by atoms with Crippen LogP contribution >= 0.6 is 0 Å². The number of rotatable bonds is 3. The number of ether oxygens (including phenoxy) is 1. The molecular weight excluding hydrogens is 248 g/mol. The van der Waals surface area contributed by atoms with Gasteiger partial charge in [-0.25, -0.2) is 9.59 Å². The van der Waals surface area contributed by atoms with E-state index >= 15 is 0 Å². The summed E-state index contributed by atoms with van der Waals surface area (Å²) in [6.45, 7) is 2.17. The third kappa shape index (κ3) is 2.90. The number of nitrogens with one attached hydrogen (secondary N) is 1. The van der Waals surface area contributed by atoms with Crippen molar-refractivity contribution in [3.63, 3.8) is 0 Å². The Bertz CT molecular complexity index is 501. The fourth-order valence-electron chi connectivity index (χ4n) is 1.75. The fourth-order valence-corrected chi connectivity index (χ4v) is 1.75. The van der Waals surface area contributed by atoms with E-state index in [1.807, 2.05) is 0 Å². The summed E-state index contributed by atoms with van der Waals surface area (Å²) in [6.07, 6.45) is -0.989. The standard InChI is InChI=1S/C13H14N2O4/c1-9(11(16)15-8-7-14-13(15)18)19-12(17)10-5-3-2-4-6-10/h2-6,9H,7-8H2,1H3,(H,14,18). The molecule has 3 amide bonds. The van der Waals surface area contributed by atoms with Crippen molar-refractivity contribution in [2.45, 2.75) is 13.0 Å². The van der Waals surface area contributed by atoms with Crippen molar-refractivity contribution in [2.24, 2.45) is 0 Å². The van der Waals surface area contributed by atoms with Gasteiger partial charge in [-0.3, -0.25) is 9.69 Å². The SMILES string of the molecule is CC(OC(=O)c1ccccc1)C(=O)N1CCNC1=O. The number of esters is 1. The molecule has 1 saturated heterocycles. The topological polar surface area (TPSA) is 75.7 Å². The summed E-state index contributed by atoms with van der Waals surface area (Å²) >= 11 is 0. The molecule has 1 aliphatic rings. The highest BCUT2D eigenvalue weighted by Gasteiger charge is 2.31. The van der Waals surface area contributed by atoms with Gasteiger partial charge in [-0.1, -0.05) is 18.2 Å². The fraction of sp³-hybridized carbons (Fsp3) is 0.308. The number of urea groups is 1. The molecule has 2 rings (SSSR count). The minimum atomic E-state index is -0.989. The molecule has 0 aliphatic carbocycles. The number of nitrogens with zero attached hydrogens (tertiary/aromatic N) is 1. The van der Waals surface area contributed by atoms with Crippen LogP contribution in [0, 0.1) is 0 Å². The summed E-state index contributed by atoms with van der Waals surface area (Å²) < 4.78 is 5.05. The Morgan fingerprint density at radius 2 is 2.00 bits per heavy atom. The van der Waals surface area contributed by atoms with Gasteiger partial charge in [0.05, 0.1) is 5.56 Å². The van der Waals surface area contributed by atoms with Crippen LogP contribution in [0.25, 0.3) is 0 Å². The molecule has 1 aromatic carbocycles. The van der Waals surface area contributed by atoms with Crippen LogP contribution in [0.3, 0.4) is 0 Å². The predicted molar refractivity (Wildman–Crippen MR) is 66.4 cm³/mol. The molecule has 1 aromatic rings. The van der Waals surface area contributed by atoms with E-state index in [0.29, 0.717) is 18.7 Å². The summed E-state index contributed by atoms with van der Waals surface area (Å²) in [5.41, 5.74) is 0.369. The van der Waals surface area contributed by atoms with E-state index in [-0.39, 0.29) is 0 Å². The van der Waals surface area contributed by atoms with E-state index < -0.39 is 24.0 Å². The molecule has 1 unspecified atom stereocenters. The van der Waals surface area contributed by atoms with E-state index in [1.54, 1.807) is 30.3 Å². The van der Waals surface area contributed by atoms with Crippen molar-refractivity contribution < 1.29 is 19.1 Å². The van der Waals surface area contributed by atoms with Gasteiger partial charge in [0.25, 0.3) is 5.91 Å². The zero-order valence-corrected chi connectivity index (χ0v) is 10.5. The Morgan fingerprint density at radius 3 is 2.58 bits per heavy atom. The van der Waals surface area contributed by atoms with E-state index in [4.69, 9.17) is 4.74 Å². The van der Waals surface area contributed by atoms with Gasteiger partial charge in [-0.15, -0.1) is 0 Å². The summed E-state index contributed by atoms with van der Waals surface area (Å²) in [6, 6.07) is 7.94. The van der Waals surface area contributed by atoms with E-state index in [0.717, 1.165) is 4.90 Å². The Kier molecular flexibility index (Phi) is 3.79. The van der Waals surface area contributed by atoms with E-state index in [9.17, 15) is 14.4 Å². The van der Waals surface area contributed by atoms with Crippen LogP contribution in [0.2, 0.25) is 0 Å². The van der Waals surface area contributed by atoms with Crippen LogP contribution in [0.5, 0.6) is 0 Å².